The topological polar surface area (TPSA) is 3.24 Å². The van der Waals surface area contributed by atoms with E-state index in [0.717, 1.165) is 41.5 Å². The van der Waals surface area contributed by atoms with Gasteiger partial charge in [0, 0.05) is 24.1 Å². The average Bonchev–Trinajstić information content (AvgIpc) is 2.43. The van der Waals surface area contributed by atoms with Crippen LogP contribution in [0.4, 0.5) is 4.39 Å². The number of hydrogen-bond donors (Lipinski definition) is 0. The van der Waals surface area contributed by atoms with E-state index in [1.807, 2.05) is 6.07 Å². The minimum atomic E-state index is -0.162. The van der Waals surface area contributed by atoms with Crippen LogP contribution in [0.15, 0.2) is 22.7 Å². The zero-order valence-corrected chi connectivity index (χ0v) is 11.3. The van der Waals surface area contributed by atoms with Gasteiger partial charge in [0.2, 0.25) is 0 Å². The van der Waals surface area contributed by atoms with E-state index in [1.165, 1.54) is 6.07 Å². The summed E-state index contributed by atoms with van der Waals surface area (Å²) in [5.74, 6) is 1.33. The van der Waals surface area contributed by atoms with Gasteiger partial charge in [0.25, 0.3) is 0 Å². The molecule has 16 heavy (non-hydrogen) atoms. The van der Waals surface area contributed by atoms with Crippen LogP contribution in [0, 0.1) is 17.7 Å². The molecular formula is C13H17BrFN. The third kappa shape index (κ3) is 2.83. The molecule has 88 valence electrons. The third-order valence-electron chi connectivity index (χ3n) is 3.39. The summed E-state index contributed by atoms with van der Waals surface area (Å²) in [4.78, 5) is 2.40. The molecule has 2 rings (SSSR count). The van der Waals surface area contributed by atoms with Gasteiger partial charge >= 0.3 is 0 Å². The van der Waals surface area contributed by atoms with Crippen molar-refractivity contribution in [1.29, 1.82) is 0 Å². The van der Waals surface area contributed by atoms with Crippen LogP contribution in [0.3, 0.4) is 0 Å². The van der Waals surface area contributed by atoms with Crippen LogP contribution in [0.5, 0.6) is 0 Å². The first-order valence-corrected chi connectivity index (χ1v) is 6.51. The predicted molar refractivity (Wildman–Crippen MR) is 67.7 cm³/mol. The van der Waals surface area contributed by atoms with Gasteiger partial charge in [0.05, 0.1) is 0 Å². The zero-order valence-electron chi connectivity index (χ0n) is 9.71. The van der Waals surface area contributed by atoms with Crippen molar-refractivity contribution in [2.75, 3.05) is 13.1 Å². The zero-order chi connectivity index (χ0) is 11.7. The van der Waals surface area contributed by atoms with Gasteiger partial charge in [-0.2, -0.15) is 0 Å². The molecular weight excluding hydrogens is 269 g/mol. The number of rotatable bonds is 2. The summed E-state index contributed by atoms with van der Waals surface area (Å²) >= 11 is 3.33. The first kappa shape index (κ1) is 12.1. The van der Waals surface area contributed by atoms with E-state index in [2.05, 4.69) is 34.7 Å². The van der Waals surface area contributed by atoms with E-state index >= 15 is 0 Å². The van der Waals surface area contributed by atoms with Crippen molar-refractivity contribution in [3.05, 3.63) is 34.1 Å². The van der Waals surface area contributed by atoms with Crippen molar-refractivity contribution in [3.8, 4) is 0 Å². The third-order valence-corrected chi connectivity index (χ3v) is 3.85. The Morgan fingerprint density at radius 2 is 1.88 bits per heavy atom. The van der Waals surface area contributed by atoms with E-state index < -0.39 is 0 Å². The summed E-state index contributed by atoms with van der Waals surface area (Å²) in [6.07, 6.45) is 0. The molecule has 0 saturated carbocycles. The number of halogens is 2. The molecule has 1 saturated heterocycles. The second-order valence-electron chi connectivity index (χ2n) is 4.93. The first-order valence-electron chi connectivity index (χ1n) is 5.72. The molecule has 0 aliphatic carbocycles. The molecule has 3 heteroatoms. The summed E-state index contributed by atoms with van der Waals surface area (Å²) in [7, 11) is 0. The van der Waals surface area contributed by atoms with Gasteiger partial charge in [-0.25, -0.2) is 4.39 Å². The molecule has 1 heterocycles. The van der Waals surface area contributed by atoms with E-state index in [4.69, 9.17) is 0 Å². The Balaban J connectivity index is 2.04. The number of likely N-dealkylation sites (tertiary alicyclic amines) is 1. The van der Waals surface area contributed by atoms with Crippen molar-refractivity contribution in [2.24, 2.45) is 11.8 Å². The Kier molecular flexibility index (Phi) is 3.65. The minimum absolute atomic E-state index is 0.162. The normalized spacial score (nSPS) is 26.2. The van der Waals surface area contributed by atoms with Crippen LogP contribution in [-0.2, 0) is 6.54 Å². The molecule has 1 aromatic rings. The molecule has 1 fully saturated rings. The lowest BCUT2D eigenvalue weighted by molar-refractivity contribution is 0.315. The molecule has 0 amide bonds. The maximum Gasteiger partial charge on any atom is 0.124 e. The van der Waals surface area contributed by atoms with E-state index in [9.17, 15) is 4.39 Å². The van der Waals surface area contributed by atoms with Crippen LogP contribution in [0.2, 0.25) is 0 Å². The number of nitrogens with zero attached hydrogens (tertiary/aromatic N) is 1. The van der Waals surface area contributed by atoms with E-state index in [1.54, 1.807) is 6.07 Å². The Morgan fingerprint density at radius 3 is 2.44 bits per heavy atom. The van der Waals surface area contributed by atoms with Crippen molar-refractivity contribution in [3.63, 3.8) is 0 Å². The maximum atomic E-state index is 13.2. The van der Waals surface area contributed by atoms with Gasteiger partial charge < -0.3 is 0 Å². The average molecular weight is 286 g/mol. The van der Waals surface area contributed by atoms with Gasteiger partial charge in [-0.3, -0.25) is 4.90 Å². The van der Waals surface area contributed by atoms with Gasteiger partial charge in [-0.15, -0.1) is 0 Å². The Labute approximate surface area is 105 Å². The highest BCUT2D eigenvalue weighted by Crippen LogP contribution is 2.24. The molecule has 0 radical (unpaired) electrons. The van der Waals surface area contributed by atoms with Crippen LogP contribution >= 0.6 is 15.9 Å². The fraction of sp³-hybridized carbons (Fsp3) is 0.538. The molecule has 1 aromatic carbocycles. The quantitative estimate of drug-likeness (QED) is 0.801. The summed E-state index contributed by atoms with van der Waals surface area (Å²) in [5.41, 5.74) is 1.05. The van der Waals surface area contributed by atoms with Crippen LogP contribution in [-0.4, -0.2) is 18.0 Å². The molecule has 2 unspecified atom stereocenters. The highest BCUT2D eigenvalue weighted by molar-refractivity contribution is 9.10. The molecule has 0 aromatic heterocycles. The SMILES string of the molecule is CC1CN(Cc2cc(F)cc(Br)c2)CC1C. The summed E-state index contributed by atoms with van der Waals surface area (Å²) < 4.78 is 14.0. The lowest BCUT2D eigenvalue weighted by Crippen LogP contribution is -2.20. The molecule has 1 nitrogen and oxygen atoms in total. The number of hydrogen-bond acceptors (Lipinski definition) is 1. The Hall–Kier alpha value is -0.410. The highest BCUT2D eigenvalue weighted by Gasteiger charge is 2.25. The largest absolute Gasteiger partial charge is 0.299 e. The van der Waals surface area contributed by atoms with Crippen molar-refractivity contribution in [2.45, 2.75) is 20.4 Å². The minimum Gasteiger partial charge on any atom is -0.299 e. The van der Waals surface area contributed by atoms with E-state index in [0.29, 0.717) is 0 Å². The lowest BCUT2D eigenvalue weighted by atomic mass is 10.0. The standard InChI is InChI=1S/C13H17BrFN/c1-9-6-16(7-10(9)2)8-11-3-12(14)5-13(15)4-11/h3-5,9-10H,6-8H2,1-2H3. The van der Waals surface area contributed by atoms with Crippen LogP contribution in [0.25, 0.3) is 0 Å². The molecule has 2 atom stereocenters. The molecule has 0 N–H and O–H groups in total. The molecule has 0 spiro atoms. The molecule has 1 aliphatic heterocycles. The summed E-state index contributed by atoms with van der Waals surface area (Å²) in [5, 5.41) is 0. The highest BCUT2D eigenvalue weighted by atomic mass is 79.9. The van der Waals surface area contributed by atoms with Crippen molar-refractivity contribution >= 4 is 15.9 Å². The van der Waals surface area contributed by atoms with E-state index in [-0.39, 0.29) is 5.82 Å². The Bertz CT molecular complexity index is 350. The lowest BCUT2D eigenvalue weighted by Gasteiger charge is -2.15. The second kappa shape index (κ2) is 4.84. The first-order chi connectivity index (χ1) is 7.54. The van der Waals surface area contributed by atoms with Crippen LogP contribution < -0.4 is 0 Å². The Morgan fingerprint density at radius 1 is 1.25 bits per heavy atom. The summed E-state index contributed by atoms with van der Waals surface area (Å²) in [6, 6.07) is 5.12. The summed E-state index contributed by atoms with van der Waals surface area (Å²) in [6.45, 7) is 7.66. The predicted octanol–water partition coefficient (Wildman–Crippen LogP) is 3.68. The smallest absolute Gasteiger partial charge is 0.124 e. The monoisotopic (exact) mass is 285 g/mol. The molecule has 0 bridgehead atoms. The fourth-order valence-corrected chi connectivity index (χ4v) is 2.85. The fourth-order valence-electron chi connectivity index (χ4n) is 2.34. The van der Waals surface area contributed by atoms with Gasteiger partial charge in [0.1, 0.15) is 5.82 Å². The second-order valence-corrected chi connectivity index (χ2v) is 5.84. The maximum absolute atomic E-state index is 13.2. The van der Waals surface area contributed by atoms with Crippen LogP contribution in [0.1, 0.15) is 19.4 Å². The number of benzene rings is 1. The van der Waals surface area contributed by atoms with Crippen molar-refractivity contribution in [1.82, 2.24) is 4.90 Å². The van der Waals surface area contributed by atoms with Gasteiger partial charge in [-0.1, -0.05) is 29.8 Å². The van der Waals surface area contributed by atoms with Gasteiger partial charge in [-0.05, 0) is 35.6 Å². The van der Waals surface area contributed by atoms with Gasteiger partial charge in [0.15, 0.2) is 0 Å². The molecule has 1 aliphatic rings. The van der Waals surface area contributed by atoms with Crippen molar-refractivity contribution < 1.29 is 4.39 Å².